The van der Waals surface area contributed by atoms with Crippen molar-refractivity contribution in [1.82, 2.24) is 10.6 Å². The third-order valence-electron chi connectivity index (χ3n) is 5.30. The van der Waals surface area contributed by atoms with Crippen LogP contribution in [0.25, 0.3) is 0 Å². The second-order valence-electron chi connectivity index (χ2n) is 7.52. The minimum Gasteiger partial charge on any atom is -0.394 e. The summed E-state index contributed by atoms with van der Waals surface area (Å²) in [7, 11) is 1.33. The first kappa shape index (κ1) is 24.9. The molecule has 0 radical (unpaired) electrons. The van der Waals surface area contributed by atoms with E-state index in [-0.39, 0.29) is 5.91 Å². The van der Waals surface area contributed by atoms with Crippen molar-refractivity contribution in [3.8, 4) is 0 Å². The molecule has 12 heteroatoms. The van der Waals surface area contributed by atoms with Crippen molar-refractivity contribution in [3.63, 3.8) is 0 Å². The fourth-order valence-corrected chi connectivity index (χ4v) is 3.91. The Hall–Kier alpha value is -1.38. The fraction of sp³-hybridized carbons (Fsp3) is 0.889. The Bertz CT molecular complexity index is 593. The van der Waals surface area contributed by atoms with Crippen LogP contribution in [0.4, 0.5) is 0 Å². The summed E-state index contributed by atoms with van der Waals surface area (Å²) < 4.78 is 22.4. The second-order valence-corrected chi connectivity index (χ2v) is 7.52. The molecule has 0 aromatic carbocycles. The number of rotatable bonds is 7. The molecule has 10 atom stereocenters. The number of ether oxygens (including phenoxy) is 4. The van der Waals surface area contributed by atoms with E-state index >= 15 is 0 Å². The van der Waals surface area contributed by atoms with Gasteiger partial charge in [-0.1, -0.05) is 0 Å². The normalized spacial score (nSPS) is 41.9. The lowest BCUT2D eigenvalue weighted by Gasteiger charge is -2.48. The highest BCUT2D eigenvalue weighted by Crippen LogP contribution is 2.30. The fourth-order valence-electron chi connectivity index (χ4n) is 3.91. The Kier molecular flexibility index (Phi) is 8.94. The summed E-state index contributed by atoms with van der Waals surface area (Å²) in [6.07, 6.45) is -8.57. The first-order valence-electron chi connectivity index (χ1n) is 9.75. The van der Waals surface area contributed by atoms with Gasteiger partial charge < -0.3 is 50.0 Å². The average molecular weight is 436 g/mol. The molecule has 0 bridgehead atoms. The SMILES string of the molecule is CO[C@@H]1C(CO)O[C@@H](O[C@H]2C(O)C(NC(C)=O)C(C)O[C@H]2CO)[C@@H](NC(C)=O)C1O. The number of nitrogens with one attached hydrogen (secondary N) is 2. The summed E-state index contributed by atoms with van der Waals surface area (Å²) in [4.78, 5) is 23.2. The van der Waals surface area contributed by atoms with E-state index in [1.54, 1.807) is 6.92 Å². The number of methoxy groups -OCH3 is 1. The minimum atomic E-state index is -1.31. The van der Waals surface area contributed by atoms with E-state index < -0.39 is 80.2 Å². The first-order chi connectivity index (χ1) is 14.1. The van der Waals surface area contributed by atoms with Gasteiger partial charge in [-0.25, -0.2) is 0 Å². The molecule has 2 saturated heterocycles. The molecule has 174 valence electrons. The van der Waals surface area contributed by atoms with Crippen LogP contribution in [0.2, 0.25) is 0 Å². The zero-order valence-corrected chi connectivity index (χ0v) is 17.4. The van der Waals surface area contributed by atoms with Gasteiger partial charge in [0.25, 0.3) is 0 Å². The Morgan fingerprint density at radius 3 is 1.90 bits per heavy atom. The van der Waals surface area contributed by atoms with Crippen LogP contribution >= 0.6 is 0 Å². The maximum absolute atomic E-state index is 11.7. The van der Waals surface area contributed by atoms with Crippen molar-refractivity contribution in [3.05, 3.63) is 0 Å². The second kappa shape index (κ2) is 10.8. The lowest BCUT2D eigenvalue weighted by molar-refractivity contribution is -0.315. The number of aliphatic hydroxyl groups excluding tert-OH is 4. The number of hydrogen-bond donors (Lipinski definition) is 6. The van der Waals surface area contributed by atoms with Crippen molar-refractivity contribution in [2.75, 3.05) is 20.3 Å². The topological polar surface area (TPSA) is 176 Å². The predicted octanol–water partition coefficient (Wildman–Crippen LogP) is -3.39. The number of carbonyl (C=O) groups is 2. The van der Waals surface area contributed by atoms with Gasteiger partial charge in [-0.05, 0) is 6.92 Å². The van der Waals surface area contributed by atoms with Gasteiger partial charge in [-0.2, -0.15) is 0 Å². The molecular formula is C18H32N2O10. The number of carbonyl (C=O) groups excluding carboxylic acids is 2. The molecule has 0 spiro atoms. The predicted molar refractivity (Wildman–Crippen MR) is 100 cm³/mol. The van der Waals surface area contributed by atoms with Crippen molar-refractivity contribution in [1.29, 1.82) is 0 Å². The van der Waals surface area contributed by atoms with E-state index in [1.165, 1.54) is 21.0 Å². The van der Waals surface area contributed by atoms with Gasteiger partial charge in [-0.3, -0.25) is 9.59 Å². The Morgan fingerprint density at radius 1 is 0.900 bits per heavy atom. The van der Waals surface area contributed by atoms with E-state index in [0.29, 0.717) is 0 Å². The first-order valence-corrected chi connectivity index (χ1v) is 9.75. The maximum atomic E-state index is 11.7. The van der Waals surface area contributed by atoms with E-state index in [4.69, 9.17) is 18.9 Å². The molecule has 2 fully saturated rings. The van der Waals surface area contributed by atoms with Gasteiger partial charge in [0.2, 0.25) is 11.8 Å². The van der Waals surface area contributed by atoms with Crippen LogP contribution in [0.5, 0.6) is 0 Å². The van der Waals surface area contributed by atoms with E-state index in [1.807, 2.05) is 0 Å². The quantitative estimate of drug-likeness (QED) is 0.236. The summed E-state index contributed by atoms with van der Waals surface area (Å²) in [5.41, 5.74) is 0. The van der Waals surface area contributed by atoms with E-state index in [0.717, 1.165) is 0 Å². The lowest BCUT2D eigenvalue weighted by atomic mass is 9.92. The molecule has 2 rings (SSSR count). The standard InChI is InChI=1S/C18H32N2O10/c1-7-12(19-8(2)23)14(25)17(11(6-22)28-7)30-18-13(20-9(3)24)15(26)16(27-4)10(5-21)29-18/h7,10-18,21-22,25-26H,5-6H2,1-4H3,(H,19,23)(H,20,24)/t7?,10?,11-,12?,13-,14?,15?,16+,17+,18-/m0/s1. The Morgan fingerprint density at radius 2 is 1.40 bits per heavy atom. The van der Waals surface area contributed by atoms with Crippen molar-refractivity contribution < 1.29 is 49.0 Å². The Balaban J connectivity index is 2.28. The highest BCUT2D eigenvalue weighted by atomic mass is 16.7. The molecule has 0 aliphatic carbocycles. The monoisotopic (exact) mass is 436 g/mol. The molecular weight excluding hydrogens is 404 g/mol. The minimum absolute atomic E-state index is 0.389. The molecule has 12 nitrogen and oxygen atoms in total. The molecule has 5 unspecified atom stereocenters. The summed E-state index contributed by atoms with van der Waals surface area (Å²) in [5, 5.41) is 45.9. The smallest absolute Gasteiger partial charge is 0.217 e. The number of aliphatic hydroxyl groups is 4. The number of amides is 2. The summed E-state index contributed by atoms with van der Waals surface area (Å²) in [6.45, 7) is 3.17. The van der Waals surface area contributed by atoms with Gasteiger partial charge in [0.15, 0.2) is 6.29 Å². The zero-order valence-electron chi connectivity index (χ0n) is 17.4. The molecule has 2 amide bonds. The molecule has 30 heavy (non-hydrogen) atoms. The van der Waals surface area contributed by atoms with Gasteiger partial charge >= 0.3 is 0 Å². The van der Waals surface area contributed by atoms with Gasteiger partial charge in [-0.15, -0.1) is 0 Å². The summed E-state index contributed by atoms with van der Waals surface area (Å²) in [5.74, 6) is -0.864. The average Bonchev–Trinajstić information content (AvgIpc) is 2.68. The summed E-state index contributed by atoms with van der Waals surface area (Å²) >= 11 is 0. The highest BCUT2D eigenvalue weighted by molar-refractivity contribution is 5.73. The Labute approximate surface area is 174 Å². The van der Waals surface area contributed by atoms with Crippen LogP contribution in [-0.2, 0) is 28.5 Å². The molecule has 2 heterocycles. The van der Waals surface area contributed by atoms with Crippen LogP contribution < -0.4 is 10.6 Å². The molecule has 2 aliphatic heterocycles. The van der Waals surface area contributed by atoms with Gasteiger partial charge in [0, 0.05) is 21.0 Å². The molecule has 0 aromatic rings. The summed E-state index contributed by atoms with van der Waals surface area (Å²) in [6, 6.07) is -1.93. The van der Waals surface area contributed by atoms with Crippen LogP contribution in [0.3, 0.4) is 0 Å². The van der Waals surface area contributed by atoms with Crippen LogP contribution in [-0.4, -0.2) is 114 Å². The highest BCUT2D eigenvalue weighted by Gasteiger charge is 2.51. The van der Waals surface area contributed by atoms with Gasteiger partial charge in [0.1, 0.15) is 42.7 Å². The van der Waals surface area contributed by atoms with E-state index in [9.17, 15) is 30.0 Å². The van der Waals surface area contributed by atoms with Crippen molar-refractivity contribution in [2.24, 2.45) is 0 Å². The zero-order chi connectivity index (χ0) is 22.6. The number of hydrogen-bond acceptors (Lipinski definition) is 10. The third kappa shape index (κ3) is 5.45. The largest absolute Gasteiger partial charge is 0.394 e. The van der Waals surface area contributed by atoms with Crippen molar-refractivity contribution >= 4 is 11.8 Å². The molecule has 2 aliphatic rings. The van der Waals surface area contributed by atoms with Gasteiger partial charge in [0.05, 0.1) is 25.4 Å². The maximum Gasteiger partial charge on any atom is 0.217 e. The van der Waals surface area contributed by atoms with Crippen LogP contribution in [0.1, 0.15) is 20.8 Å². The molecule has 6 N–H and O–H groups in total. The van der Waals surface area contributed by atoms with Crippen LogP contribution in [0, 0.1) is 0 Å². The van der Waals surface area contributed by atoms with E-state index in [2.05, 4.69) is 10.6 Å². The van der Waals surface area contributed by atoms with Crippen molar-refractivity contribution in [2.45, 2.75) is 81.9 Å². The molecule has 0 saturated carbocycles. The molecule has 0 aromatic heterocycles. The third-order valence-corrected chi connectivity index (χ3v) is 5.30. The van der Waals surface area contributed by atoms with Crippen LogP contribution in [0.15, 0.2) is 0 Å². The lowest BCUT2D eigenvalue weighted by Crippen LogP contribution is -2.69.